The first-order chi connectivity index (χ1) is 6.59. The Labute approximate surface area is 81.8 Å². The van der Waals surface area contributed by atoms with Crippen LogP contribution in [0.4, 0.5) is 0 Å². The van der Waals surface area contributed by atoms with E-state index in [1.807, 2.05) is 6.92 Å². The average Bonchev–Trinajstić information content (AvgIpc) is 2.15. The van der Waals surface area contributed by atoms with Crippen molar-refractivity contribution in [3.8, 4) is 11.5 Å². The van der Waals surface area contributed by atoms with E-state index < -0.39 is 6.10 Å². The van der Waals surface area contributed by atoms with E-state index in [2.05, 4.69) is 5.32 Å². The van der Waals surface area contributed by atoms with Crippen LogP contribution in [0, 0.1) is 0 Å². The molecule has 0 aliphatic carbocycles. The monoisotopic (exact) mass is 195 g/mol. The van der Waals surface area contributed by atoms with E-state index in [4.69, 9.17) is 0 Å². The second-order valence-corrected chi connectivity index (χ2v) is 3.62. The van der Waals surface area contributed by atoms with Gasteiger partial charge in [0.2, 0.25) is 0 Å². The minimum Gasteiger partial charge on any atom is -0.504 e. The van der Waals surface area contributed by atoms with Crippen LogP contribution in [0.25, 0.3) is 0 Å². The van der Waals surface area contributed by atoms with Gasteiger partial charge in [0.1, 0.15) is 0 Å². The smallest absolute Gasteiger partial charge is 0.157 e. The summed E-state index contributed by atoms with van der Waals surface area (Å²) in [6.07, 6.45) is -0.618. The van der Waals surface area contributed by atoms with Crippen LogP contribution < -0.4 is 5.32 Å². The third-order valence-electron chi connectivity index (χ3n) is 2.62. The molecule has 0 amide bonds. The summed E-state index contributed by atoms with van der Waals surface area (Å²) in [4.78, 5) is 0. The van der Waals surface area contributed by atoms with Crippen LogP contribution in [0.1, 0.15) is 30.2 Å². The molecule has 14 heavy (non-hydrogen) atoms. The number of phenols is 2. The standard InChI is InChI=1S/C10H13NO3/c1-5-6-2-8(12)9(13)3-7(6)10(14)4-11-5/h2-3,5,10-14H,4H2,1H3. The van der Waals surface area contributed by atoms with Gasteiger partial charge >= 0.3 is 0 Å². The zero-order chi connectivity index (χ0) is 10.3. The van der Waals surface area contributed by atoms with Gasteiger partial charge in [-0.2, -0.15) is 0 Å². The lowest BCUT2D eigenvalue weighted by Gasteiger charge is -2.28. The Morgan fingerprint density at radius 1 is 1.21 bits per heavy atom. The Bertz CT molecular complexity index is 330. The van der Waals surface area contributed by atoms with Crippen LogP contribution in [0.15, 0.2) is 12.1 Å². The maximum Gasteiger partial charge on any atom is 0.157 e. The normalized spacial score (nSPS) is 25.9. The highest BCUT2D eigenvalue weighted by molar-refractivity contribution is 5.48. The first kappa shape index (κ1) is 9.30. The van der Waals surface area contributed by atoms with Crippen molar-refractivity contribution in [3.63, 3.8) is 0 Å². The lowest BCUT2D eigenvalue weighted by Crippen LogP contribution is -2.31. The molecule has 1 aromatic rings. The molecule has 1 aliphatic rings. The number of nitrogens with one attached hydrogen (secondary N) is 1. The number of aromatic hydroxyl groups is 2. The average molecular weight is 195 g/mol. The van der Waals surface area contributed by atoms with Gasteiger partial charge in [0.05, 0.1) is 6.10 Å². The SMILES string of the molecule is CC1NCC(O)c2cc(O)c(O)cc21. The number of aliphatic hydroxyl groups is 1. The summed E-state index contributed by atoms with van der Waals surface area (Å²) in [5.74, 6) is -0.330. The minimum atomic E-state index is -0.618. The summed E-state index contributed by atoms with van der Waals surface area (Å²) in [6.45, 7) is 2.42. The van der Waals surface area contributed by atoms with Crippen molar-refractivity contribution in [1.29, 1.82) is 0 Å². The highest BCUT2D eigenvalue weighted by atomic mass is 16.3. The van der Waals surface area contributed by atoms with E-state index in [0.29, 0.717) is 12.1 Å². The topological polar surface area (TPSA) is 72.7 Å². The number of phenolic OH excluding ortho intramolecular Hbond substituents is 2. The molecule has 4 heteroatoms. The van der Waals surface area contributed by atoms with Gasteiger partial charge < -0.3 is 20.6 Å². The molecule has 1 heterocycles. The van der Waals surface area contributed by atoms with E-state index in [1.54, 1.807) is 0 Å². The van der Waals surface area contributed by atoms with Gasteiger partial charge in [-0.1, -0.05) is 0 Å². The number of hydrogen-bond acceptors (Lipinski definition) is 4. The quantitative estimate of drug-likeness (QED) is 0.462. The van der Waals surface area contributed by atoms with Crippen LogP contribution in [0.3, 0.4) is 0 Å². The number of fused-ring (bicyclic) bond motifs is 1. The Balaban J connectivity index is 2.56. The Kier molecular flexibility index (Phi) is 2.09. The Hall–Kier alpha value is -1.26. The maximum absolute atomic E-state index is 9.64. The lowest BCUT2D eigenvalue weighted by molar-refractivity contribution is 0.158. The van der Waals surface area contributed by atoms with Crippen molar-refractivity contribution in [1.82, 2.24) is 5.32 Å². The molecule has 0 aromatic heterocycles. The van der Waals surface area contributed by atoms with Crippen LogP contribution in [-0.2, 0) is 0 Å². The lowest BCUT2D eigenvalue weighted by atomic mass is 9.93. The van der Waals surface area contributed by atoms with Crippen molar-refractivity contribution >= 4 is 0 Å². The molecule has 0 bridgehead atoms. The van der Waals surface area contributed by atoms with Crippen molar-refractivity contribution in [2.24, 2.45) is 0 Å². The molecule has 2 unspecified atom stereocenters. The Morgan fingerprint density at radius 3 is 2.43 bits per heavy atom. The van der Waals surface area contributed by atoms with E-state index in [1.165, 1.54) is 12.1 Å². The number of benzene rings is 1. The number of hydrogen-bond donors (Lipinski definition) is 4. The summed E-state index contributed by atoms with van der Waals surface area (Å²) < 4.78 is 0. The van der Waals surface area contributed by atoms with Gasteiger partial charge in [-0.15, -0.1) is 0 Å². The molecule has 4 N–H and O–H groups in total. The molecule has 4 nitrogen and oxygen atoms in total. The molecule has 1 aliphatic heterocycles. The fraction of sp³-hybridized carbons (Fsp3) is 0.400. The zero-order valence-corrected chi connectivity index (χ0v) is 7.86. The summed E-state index contributed by atoms with van der Waals surface area (Å²) in [5, 5.41) is 31.3. The van der Waals surface area contributed by atoms with E-state index in [-0.39, 0.29) is 17.5 Å². The first-order valence-electron chi connectivity index (χ1n) is 4.57. The predicted molar refractivity (Wildman–Crippen MR) is 51.1 cm³/mol. The van der Waals surface area contributed by atoms with Gasteiger partial charge in [0.25, 0.3) is 0 Å². The van der Waals surface area contributed by atoms with Crippen molar-refractivity contribution in [2.75, 3.05) is 6.54 Å². The number of aliphatic hydroxyl groups excluding tert-OH is 1. The number of β-amino-alcohol motifs (C(OH)–C–C–N with tert-alkyl or cyclic N) is 1. The second kappa shape index (κ2) is 3.15. The van der Waals surface area contributed by atoms with Gasteiger partial charge in [0, 0.05) is 12.6 Å². The molecule has 2 rings (SSSR count). The van der Waals surface area contributed by atoms with Gasteiger partial charge in [-0.25, -0.2) is 0 Å². The third-order valence-corrected chi connectivity index (χ3v) is 2.62. The molecular formula is C10H13NO3. The van der Waals surface area contributed by atoms with E-state index >= 15 is 0 Å². The maximum atomic E-state index is 9.64. The highest BCUT2D eigenvalue weighted by Gasteiger charge is 2.24. The van der Waals surface area contributed by atoms with Gasteiger partial charge in [0.15, 0.2) is 11.5 Å². The van der Waals surface area contributed by atoms with E-state index in [9.17, 15) is 15.3 Å². The summed E-state index contributed by atoms with van der Waals surface area (Å²) >= 11 is 0. The third kappa shape index (κ3) is 1.32. The van der Waals surface area contributed by atoms with Crippen LogP contribution in [0.2, 0.25) is 0 Å². The molecule has 0 saturated carbocycles. The molecule has 0 saturated heterocycles. The molecule has 0 fully saturated rings. The van der Waals surface area contributed by atoms with Crippen LogP contribution >= 0.6 is 0 Å². The predicted octanol–water partition coefficient (Wildman–Crippen LogP) is 0.795. The molecule has 76 valence electrons. The number of rotatable bonds is 0. The summed E-state index contributed by atoms with van der Waals surface area (Å²) in [6, 6.07) is 3.00. The second-order valence-electron chi connectivity index (χ2n) is 3.62. The highest BCUT2D eigenvalue weighted by Crippen LogP contribution is 2.36. The van der Waals surface area contributed by atoms with Gasteiger partial charge in [-0.05, 0) is 30.2 Å². The van der Waals surface area contributed by atoms with Crippen molar-refractivity contribution < 1.29 is 15.3 Å². The zero-order valence-electron chi connectivity index (χ0n) is 7.86. The minimum absolute atomic E-state index is 0.0832. The van der Waals surface area contributed by atoms with Crippen molar-refractivity contribution in [2.45, 2.75) is 19.1 Å². The summed E-state index contributed by atoms with van der Waals surface area (Å²) in [7, 11) is 0. The van der Waals surface area contributed by atoms with Crippen LogP contribution in [-0.4, -0.2) is 21.9 Å². The first-order valence-corrected chi connectivity index (χ1v) is 4.57. The van der Waals surface area contributed by atoms with Gasteiger partial charge in [-0.3, -0.25) is 0 Å². The molecular weight excluding hydrogens is 182 g/mol. The largest absolute Gasteiger partial charge is 0.504 e. The fourth-order valence-corrected chi connectivity index (χ4v) is 1.78. The molecule has 0 radical (unpaired) electrons. The molecule has 0 spiro atoms. The molecule has 2 atom stereocenters. The summed E-state index contributed by atoms with van der Waals surface area (Å²) in [5.41, 5.74) is 1.52. The Morgan fingerprint density at radius 2 is 1.79 bits per heavy atom. The van der Waals surface area contributed by atoms with E-state index in [0.717, 1.165) is 5.56 Å². The molecule has 1 aromatic carbocycles. The van der Waals surface area contributed by atoms with Crippen LogP contribution in [0.5, 0.6) is 11.5 Å². The van der Waals surface area contributed by atoms with Crippen molar-refractivity contribution in [3.05, 3.63) is 23.3 Å². The fourth-order valence-electron chi connectivity index (χ4n) is 1.78.